The van der Waals surface area contributed by atoms with Crippen LogP contribution < -0.4 is 38.5 Å². The zero-order chi connectivity index (χ0) is 72.4. The summed E-state index contributed by atoms with van der Waals surface area (Å²) in [6.45, 7) is 17.6. The molecule has 3 heterocycles. The number of fused-ring (bicyclic) bond motifs is 1. The molecule has 5 amide bonds. The molecule has 14 atom stereocenters. The Bertz CT molecular complexity index is 3140. The summed E-state index contributed by atoms with van der Waals surface area (Å²) < 4.78 is 8.41. The Labute approximate surface area is 586 Å². The molecule has 0 saturated heterocycles. The van der Waals surface area contributed by atoms with Gasteiger partial charge >= 0.3 is 0 Å². The van der Waals surface area contributed by atoms with Crippen molar-refractivity contribution < 1.29 is 54.2 Å². The Morgan fingerprint density at radius 2 is 1.12 bits per heavy atom. The molecule has 99 heavy (non-hydrogen) atoms. The number of nitrogens with two attached hydrogens (primary N) is 3. The second-order valence-corrected chi connectivity index (χ2v) is 28.5. The van der Waals surface area contributed by atoms with E-state index in [1.807, 2.05) is 85.0 Å². The van der Waals surface area contributed by atoms with Crippen LogP contribution in [0.1, 0.15) is 193 Å². The van der Waals surface area contributed by atoms with Crippen molar-refractivity contribution in [3.8, 4) is 0 Å². The second kappa shape index (κ2) is 44.1. The topological polar surface area (TPSA) is 409 Å². The smallest absolute Gasteiger partial charge is 0.243 e. The number of aliphatic imine (C=N–C) groups is 1. The number of aliphatic hydroxyl groups is 5. The molecule has 0 aliphatic carbocycles. The Kier molecular flexibility index (Phi) is 36.7. The number of carbonyl (C=O) groups is 5. The molecule has 5 rings (SSSR count). The van der Waals surface area contributed by atoms with E-state index in [1.54, 1.807) is 41.3 Å². The number of unbranched alkanes of at least 4 members (excludes halogenated alkanes) is 3. The van der Waals surface area contributed by atoms with Crippen LogP contribution in [0.25, 0.3) is 10.9 Å². The van der Waals surface area contributed by atoms with E-state index in [-0.39, 0.29) is 105 Å². The van der Waals surface area contributed by atoms with Crippen LogP contribution >= 0.6 is 0 Å². The fourth-order valence-electron chi connectivity index (χ4n) is 12.3. The van der Waals surface area contributed by atoms with Gasteiger partial charge in [-0.3, -0.25) is 33.6 Å². The summed E-state index contributed by atoms with van der Waals surface area (Å²) in [4.78, 5) is 84.0. The van der Waals surface area contributed by atoms with E-state index in [2.05, 4.69) is 58.4 Å². The Morgan fingerprint density at radius 3 is 1.73 bits per heavy atom. The van der Waals surface area contributed by atoms with Crippen molar-refractivity contribution in [2.45, 2.75) is 264 Å². The summed E-state index contributed by atoms with van der Waals surface area (Å²) in [7, 11) is 0. The first-order valence-corrected chi connectivity index (χ1v) is 36.3. The molecule has 0 fully saturated rings. The Balaban J connectivity index is 1.12. The number of aryl methyl sites for hydroxylation is 2. The summed E-state index contributed by atoms with van der Waals surface area (Å²) in [6.07, 6.45) is 15.8. The molecule has 5 aromatic rings. The first-order valence-electron chi connectivity index (χ1n) is 36.3. The van der Waals surface area contributed by atoms with Crippen molar-refractivity contribution in [3.63, 3.8) is 0 Å². The van der Waals surface area contributed by atoms with Crippen LogP contribution in [0.3, 0.4) is 0 Å². The molecule has 17 N–H and O–H groups in total. The highest BCUT2D eigenvalue weighted by Crippen LogP contribution is 2.28. The van der Waals surface area contributed by atoms with E-state index in [0.29, 0.717) is 87.9 Å². The van der Waals surface area contributed by atoms with Crippen LogP contribution in [0.15, 0.2) is 84.5 Å². The number of benzene rings is 2. The van der Waals surface area contributed by atoms with Gasteiger partial charge in [-0.2, -0.15) is 0 Å². The molecule has 0 radical (unpaired) electrons. The third-order valence-electron chi connectivity index (χ3n) is 19.5. The lowest BCUT2D eigenvalue weighted by Gasteiger charge is -2.29. The number of rotatable bonds is 51. The third-order valence-corrected chi connectivity index (χ3v) is 19.5. The second-order valence-electron chi connectivity index (χ2n) is 28.5. The summed E-state index contributed by atoms with van der Waals surface area (Å²) in [6, 6.07) is 11.8. The van der Waals surface area contributed by atoms with E-state index in [1.165, 1.54) is 6.33 Å². The van der Waals surface area contributed by atoms with E-state index in [0.717, 1.165) is 61.4 Å². The number of aliphatic hydroxyl groups excluding tert-OH is 5. The lowest BCUT2D eigenvalue weighted by molar-refractivity contribution is -0.134. The average Bonchev–Trinajstić information content (AvgIpc) is 1.70. The zero-order valence-electron chi connectivity index (χ0n) is 60.1. The molecule has 0 spiro atoms. The van der Waals surface area contributed by atoms with Crippen LogP contribution in [0.5, 0.6) is 0 Å². The van der Waals surface area contributed by atoms with Crippen molar-refractivity contribution in [1.82, 2.24) is 51.2 Å². The molecule has 0 aliphatic heterocycles. The van der Waals surface area contributed by atoms with Crippen molar-refractivity contribution in [1.29, 1.82) is 0 Å². The number of carbonyl (C=O) groups excluding carboxylic acids is 5. The maximum absolute atomic E-state index is 14.5. The quantitative estimate of drug-likeness (QED) is 0.0112. The van der Waals surface area contributed by atoms with E-state index in [4.69, 9.17) is 21.9 Å². The highest BCUT2D eigenvalue weighted by atomic mass is 16.5. The largest absolute Gasteiger partial charge is 0.393 e. The van der Waals surface area contributed by atoms with Gasteiger partial charge < -0.3 is 78.7 Å². The van der Waals surface area contributed by atoms with Crippen LogP contribution in [0, 0.1) is 35.5 Å². The monoisotopic (exact) mass is 1380 g/mol. The van der Waals surface area contributed by atoms with Gasteiger partial charge in [0.2, 0.25) is 29.5 Å². The van der Waals surface area contributed by atoms with Crippen molar-refractivity contribution in [2.24, 2.45) is 57.7 Å². The first kappa shape index (κ1) is 82.4. The number of H-pyrrole nitrogens is 2. The standard InChI is InChI=1S/C74H120N14O11/c1-47(2)63(89)31-27-49(5)65(91)33-29-51(7)67(93)35-36-68(52(8)30-34-66(92)50(6)28-32-64(90)48(3)4)99-39-17-10-9-16-38-88-45-55(86-87-88)22-18-26-69(94)82-62(42-56-44-78-46-81-56)73(98)85-61(40-53-20-12-11-13-21-53)72(97)83-59(25-19-37-79-74(76)77)71(96)84-60(70(75)95)41-54-43-80-58-24-15-14-23-57(54)58/h11-15,20-21,23-24,43-52,59-68,80,89-93H,9-10,16-19,22,25-42H2,1-8H3,(H2,75,95)(H,78,81)(H,82,94)(H,83,97)(H,84,96)(H,85,98)(H4,76,77,79)/t49?,50?,51?,52?,59-,60+,61+,62+,63?,64?,65?,66?,67?,68?/m1/s1. The van der Waals surface area contributed by atoms with Gasteiger partial charge in [0.15, 0.2) is 5.96 Å². The minimum Gasteiger partial charge on any atom is -0.393 e. The number of hydrogen-bond donors (Lipinski definition) is 14. The molecule has 2 aromatic carbocycles. The maximum atomic E-state index is 14.5. The van der Waals surface area contributed by atoms with Crippen LogP contribution in [-0.4, -0.2) is 165 Å². The molecule has 10 unspecified atom stereocenters. The van der Waals surface area contributed by atoms with Gasteiger partial charge in [0, 0.05) is 80.6 Å². The molecule has 552 valence electrons. The van der Waals surface area contributed by atoms with Crippen molar-refractivity contribution in [3.05, 3.63) is 102 Å². The molecule has 0 bridgehead atoms. The van der Waals surface area contributed by atoms with Crippen LogP contribution in [-0.2, 0) is 60.9 Å². The van der Waals surface area contributed by atoms with Gasteiger partial charge in [-0.25, -0.2) is 4.98 Å². The van der Waals surface area contributed by atoms with Gasteiger partial charge in [-0.1, -0.05) is 122 Å². The predicted octanol–water partition coefficient (Wildman–Crippen LogP) is 6.52. The van der Waals surface area contributed by atoms with Crippen LogP contribution in [0.4, 0.5) is 0 Å². The van der Waals surface area contributed by atoms with E-state index in [9.17, 15) is 49.5 Å². The third kappa shape index (κ3) is 30.6. The number of guanidine groups is 1. The SMILES string of the molecule is CC(C)C(O)CCC(C)C(O)CCC(C)C(O)CCC(OCCCCCCn1cc(CCCC(=O)N[C@@H](Cc2cnc[nH]2)C(=O)N[C@@H](Cc2ccccc2)C(=O)N[C@H](CCCN=C(N)N)C(=O)N[C@@H](Cc2c[nH]c3ccccc23)C(N)=O)nn1)C(C)CCC(O)C(C)CCC(O)C(C)C. The molecule has 25 nitrogen and oxygen atoms in total. The first-order chi connectivity index (χ1) is 47.3. The van der Waals surface area contributed by atoms with Crippen molar-refractivity contribution >= 4 is 46.4 Å². The minimum atomic E-state index is -1.24. The molecule has 25 heteroatoms. The van der Waals surface area contributed by atoms with Gasteiger partial charge in [-0.15, -0.1) is 5.10 Å². The van der Waals surface area contributed by atoms with Crippen molar-refractivity contribution in [2.75, 3.05) is 13.2 Å². The number of amides is 5. The molecular formula is C74H120N14O11. The highest BCUT2D eigenvalue weighted by Gasteiger charge is 2.33. The number of para-hydroxylation sites is 1. The van der Waals surface area contributed by atoms with Gasteiger partial charge in [-0.05, 0) is 155 Å². The number of aromatic nitrogens is 6. The fourth-order valence-corrected chi connectivity index (χ4v) is 12.3. The Hall–Kier alpha value is -7.29. The van der Waals surface area contributed by atoms with Gasteiger partial charge in [0.25, 0.3) is 0 Å². The zero-order valence-corrected chi connectivity index (χ0v) is 60.1. The summed E-state index contributed by atoms with van der Waals surface area (Å²) in [5, 5.41) is 74.9. The Morgan fingerprint density at radius 1 is 0.566 bits per heavy atom. The molecule has 0 saturated carbocycles. The number of nitrogens with one attached hydrogen (secondary N) is 6. The number of imidazole rings is 1. The number of aromatic amines is 2. The highest BCUT2D eigenvalue weighted by molar-refractivity contribution is 5.96. The molecular weight excluding hydrogens is 1260 g/mol. The minimum absolute atomic E-state index is 0.0128. The molecule has 0 aliphatic rings. The fraction of sp³-hybridized carbons (Fsp3) is 0.662. The van der Waals surface area contributed by atoms with E-state index < -0.39 is 72.0 Å². The lowest BCUT2D eigenvalue weighted by Crippen LogP contribution is -2.59. The summed E-state index contributed by atoms with van der Waals surface area (Å²) >= 11 is 0. The summed E-state index contributed by atoms with van der Waals surface area (Å²) in [5.74, 6) is -2.80. The molecule has 3 aromatic heterocycles. The summed E-state index contributed by atoms with van der Waals surface area (Å²) in [5.41, 5.74) is 20.6. The maximum Gasteiger partial charge on any atom is 0.243 e. The van der Waals surface area contributed by atoms with E-state index >= 15 is 0 Å². The number of ether oxygens (including phenoxy) is 1. The predicted molar refractivity (Wildman–Crippen MR) is 385 cm³/mol. The lowest BCUT2D eigenvalue weighted by atomic mass is 9.86. The number of hydrogen-bond acceptors (Lipinski definition) is 15. The number of primary amides is 1. The van der Waals surface area contributed by atoms with Crippen LogP contribution in [0.2, 0.25) is 0 Å². The average molecular weight is 1380 g/mol. The van der Waals surface area contributed by atoms with Gasteiger partial charge in [0.05, 0.1) is 48.6 Å². The number of nitrogens with zero attached hydrogens (tertiary/aromatic N) is 5. The van der Waals surface area contributed by atoms with Gasteiger partial charge in [0.1, 0.15) is 24.2 Å². The normalized spacial score (nSPS) is 16.1.